The lowest BCUT2D eigenvalue weighted by Crippen LogP contribution is -2.14. The predicted molar refractivity (Wildman–Crippen MR) is 88.1 cm³/mol. The fourth-order valence-electron chi connectivity index (χ4n) is 1.86. The lowest BCUT2D eigenvalue weighted by Gasteiger charge is -2.05. The highest BCUT2D eigenvalue weighted by Crippen LogP contribution is 2.16. The monoisotopic (exact) mass is 343 g/mol. The topological polar surface area (TPSA) is 133 Å². The number of nitrogens with two attached hydrogens (primary N) is 1. The number of phenols is 1. The molecule has 4 N–H and O–H groups in total. The largest absolute Gasteiger partial charge is 0.508 e. The molecule has 0 fully saturated rings. The average molecular weight is 343 g/mol. The van der Waals surface area contributed by atoms with Crippen LogP contribution in [0.4, 0.5) is 5.69 Å². The van der Waals surface area contributed by atoms with Crippen molar-refractivity contribution < 1.29 is 18.3 Å². The summed E-state index contributed by atoms with van der Waals surface area (Å²) < 4.78 is 22.3. The number of benzene rings is 2. The molecule has 8 heteroatoms. The van der Waals surface area contributed by atoms with Crippen molar-refractivity contribution in [3.63, 3.8) is 0 Å². The highest BCUT2D eigenvalue weighted by atomic mass is 32.2. The van der Waals surface area contributed by atoms with Crippen molar-refractivity contribution in [2.24, 2.45) is 5.14 Å². The van der Waals surface area contributed by atoms with Gasteiger partial charge in [0.05, 0.1) is 4.90 Å². The number of rotatable bonds is 4. The van der Waals surface area contributed by atoms with Gasteiger partial charge >= 0.3 is 0 Å². The Bertz CT molecular complexity index is 942. The van der Waals surface area contributed by atoms with E-state index in [1.54, 1.807) is 18.2 Å². The van der Waals surface area contributed by atoms with E-state index in [4.69, 9.17) is 10.4 Å². The molecule has 0 atom stereocenters. The van der Waals surface area contributed by atoms with E-state index in [2.05, 4.69) is 5.32 Å². The van der Waals surface area contributed by atoms with Gasteiger partial charge in [-0.25, -0.2) is 13.6 Å². The molecule has 122 valence electrons. The average Bonchev–Trinajstić information content (AvgIpc) is 2.52. The molecule has 0 heterocycles. The van der Waals surface area contributed by atoms with Crippen LogP contribution in [0, 0.1) is 11.3 Å². The summed E-state index contributed by atoms with van der Waals surface area (Å²) in [4.78, 5) is 12.0. The van der Waals surface area contributed by atoms with Gasteiger partial charge in [-0.05, 0) is 48.0 Å². The first kappa shape index (κ1) is 17.2. The molecule has 2 aromatic carbocycles. The van der Waals surface area contributed by atoms with Gasteiger partial charge in [-0.2, -0.15) is 5.26 Å². The maximum absolute atomic E-state index is 12.1. The normalized spacial score (nSPS) is 11.6. The van der Waals surface area contributed by atoms with Gasteiger partial charge in [0.1, 0.15) is 17.4 Å². The predicted octanol–water partition coefficient (Wildman–Crippen LogP) is 1.59. The maximum atomic E-state index is 12.1. The van der Waals surface area contributed by atoms with Crippen molar-refractivity contribution in [2.75, 3.05) is 5.32 Å². The highest BCUT2D eigenvalue weighted by molar-refractivity contribution is 7.89. The molecule has 2 aromatic rings. The minimum absolute atomic E-state index is 0.0139. The quantitative estimate of drug-likeness (QED) is 0.572. The molecule has 0 aliphatic heterocycles. The minimum atomic E-state index is -3.81. The fourth-order valence-corrected chi connectivity index (χ4v) is 2.37. The summed E-state index contributed by atoms with van der Waals surface area (Å²) in [7, 11) is -3.81. The van der Waals surface area contributed by atoms with Gasteiger partial charge in [-0.3, -0.25) is 4.79 Å². The summed E-state index contributed by atoms with van der Waals surface area (Å²) in [5.74, 6) is -0.649. The number of amides is 1. The fraction of sp³-hybridized carbons (Fsp3) is 0. The molecule has 0 saturated carbocycles. The number of nitriles is 1. The molecule has 0 unspecified atom stereocenters. The van der Waals surface area contributed by atoms with Gasteiger partial charge in [-0.1, -0.05) is 12.1 Å². The maximum Gasteiger partial charge on any atom is 0.266 e. The number of phenolic OH excluding ortho intramolecular Hbond substituents is 1. The number of carbonyl (C=O) groups excluding carboxylic acids is 1. The van der Waals surface area contributed by atoms with Crippen LogP contribution in [0.5, 0.6) is 5.75 Å². The molecular formula is C16H13N3O4S. The number of primary sulfonamides is 1. The Balaban J connectivity index is 2.20. The number of anilines is 1. The van der Waals surface area contributed by atoms with Gasteiger partial charge in [0.15, 0.2) is 0 Å². The Morgan fingerprint density at radius 2 is 1.88 bits per heavy atom. The number of hydrogen-bond donors (Lipinski definition) is 3. The van der Waals surface area contributed by atoms with Crippen LogP contribution in [0.3, 0.4) is 0 Å². The van der Waals surface area contributed by atoms with Crippen LogP contribution in [0.15, 0.2) is 59.0 Å². The molecule has 7 nitrogen and oxygen atoms in total. The second-order valence-electron chi connectivity index (χ2n) is 4.79. The number of sulfonamides is 1. The van der Waals surface area contributed by atoms with Gasteiger partial charge in [0.25, 0.3) is 5.91 Å². The van der Waals surface area contributed by atoms with E-state index in [-0.39, 0.29) is 16.2 Å². The van der Waals surface area contributed by atoms with Gasteiger partial charge < -0.3 is 10.4 Å². The minimum Gasteiger partial charge on any atom is -0.508 e. The third kappa shape index (κ3) is 4.42. The summed E-state index contributed by atoms with van der Waals surface area (Å²) >= 11 is 0. The van der Waals surface area contributed by atoms with Crippen LogP contribution in [0.25, 0.3) is 6.08 Å². The Hall–Kier alpha value is -3.15. The second-order valence-corrected chi connectivity index (χ2v) is 6.35. The van der Waals surface area contributed by atoms with Crippen LogP contribution < -0.4 is 10.5 Å². The van der Waals surface area contributed by atoms with E-state index in [0.717, 1.165) is 0 Å². The molecule has 0 aliphatic rings. The first-order valence-electron chi connectivity index (χ1n) is 6.64. The molecule has 0 aliphatic carbocycles. The summed E-state index contributed by atoms with van der Waals surface area (Å²) in [6.07, 6.45) is 1.33. The SMILES string of the molecule is N#C/C(=C/c1cccc(O)c1)C(=O)Nc1ccc(S(N)(=O)=O)cc1. The van der Waals surface area contributed by atoms with E-state index < -0.39 is 15.9 Å². The van der Waals surface area contributed by atoms with Crippen molar-refractivity contribution in [1.29, 1.82) is 5.26 Å². The van der Waals surface area contributed by atoms with Crippen molar-refractivity contribution in [2.45, 2.75) is 4.90 Å². The zero-order valence-electron chi connectivity index (χ0n) is 12.3. The zero-order valence-corrected chi connectivity index (χ0v) is 13.1. The number of carbonyl (C=O) groups is 1. The molecule has 0 radical (unpaired) electrons. The molecular weight excluding hydrogens is 330 g/mol. The lowest BCUT2D eigenvalue weighted by atomic mass is 10.1. The molecule has 0 spiro atoms. The molecule has 2 rings (SSSR count). The van der Waals surface area contributed by atoms with Crippen LogP contribution in [0.2, 0.25) is 0 Å². The van der Waals surface area contributed by atoms with Crippen molar-refractivity contribution >= 4 is 27.7 Å². The van der Waals surface area contributed by atoms with E-state index in [9.17, 15) is 18.3 Å². The van der Waals surface area contributed by atoms with E-state index in [0.29, 0.717) is 11.3 Å². The van der Waals surface area contributed by atoms with E-state index in [1.165, 1.54) is 42.5 Å². The number of aromatic hydroxyl groups is 1. The summed E-state index contributed by atoms with van der Waals surface area (Å²) in [5, 5.41) is 26.0. The molecule has 0 aromatic heterocycles. The standard InChI is InChI=1S/C16H13N3O4S/c17-10-12(8-11-2-1-3-14(20)9-11)16(21)19-13-4-6-15(7-5-13)24(18,22)23/h1-9,20H,(H,19,21)(H2,18,22,23)/b12-8-. The van der Waals surface area contributed by atoms with Gasteiger partial charge in [0.2, 0.25) is 10.0 Å². The Morgan fingerprint density at radius 3 is 2.42 bits per heavy atom. The first-order valence-corrected chi connectivity index (χ1v) is 8.19. The second kappa shape index (κ2) is 6.95. The van der Waals surface area contributed by atoms with Crippen LogP contribution in [-0.4, -0.2) is 19.4 Å². The summed E-state index contributed by atoms with van der Waals surface area (Å²) in [6, 6.07) is 13.1. The van der Waals surface area contributed by atoms with Crippen molar-refractivity contribution in [3.05, 3.63) is 59.7 Å². The Kier molecular flexibility index (Phi) is 4.99. The van der Waals surface area contributed by atoms with Crippen LogP contribution >= 0.6 is 0 Å². The zero-order chi connectivity index (χ0) is 17.7. The van der Waals surface area contributed by atoms with Crippen LogP contribution in [-0.2, 0) is 14.8 Å². The Labute approximate surface area is 138 Å². The summed E-state index contributed by atoms with van der Waals surface area (Å²) in [5.41, 5.74) is 0.631. The van der Waals surface area contributed by atoms with Crippen molar-refractivity contribution in [1.82, 2.24) is 0 Å². The Morgan fingerprint density at radius 1 is 1.21 bits per heavy atom. The smallest absolute Gasteiger partial charge is 0.266 e. The lowest BCUT2D eigenvalue weighted by molar-refractivity contribution is -0.112. The molecule has 1 amide bonds. The van der Waals surface area contributed by atoms with Gasteiger partial charge in [-0.15, -0.1) is 0 Å². The third-order valence-electron chi connectivity index (χ3n) is 2.99. The molecule has 0 saturated heterocycles. The number of nitrogens with one attached hydrogen (secondary N) is 1. The van der Waals surface area contributed by atoms with E-state index in [1.807, 2.05) is 0 Å². The first-order chi connectivity index (χ1) is 11.3. The third-order valence-corrected chi connectivity index (χ3v) is 3.92. The molecule has 0 bridgehead atoms. The van der Waals surface area contributed by atoms with Gasteiger partial charge in [0, 0.05) is 5.69 Å². The van der Waals surface area contributed by atoms with E-state index >= 15 is 0 Å². The summed E-state index contributed by atoms with van der Waals surface area (Å²) in [6.45, 7) is 0. The van der Waals surface area contributed by atoms with Crippen molar-refractivity contribution in [3.8, 4) is 11.8 Å². The number of nitrogens with zero attached hydrogens (tertiary/aromatic N) is 1. The van der Waals surface area contributed by atoms with Crippen LogP contribution in [0.1, 0.15) is 5.56 Å². The number of hydrogen-bond acceptors (Lipinski definition) is 5. The molecule has 24 heavy (non-hydrogen) atoms. The highest BCUT2D eigenvalue weighted by Gasteiger charge is 2.11.